The van der Waals surface area contributed by atoms with Crippen LogP contribution in [0.1, 0.15) is 0 Å². The number of anilines is 2. The fourth-order valence-electron chi connectivity index (χ4n) is 2.82. The fraction of sp³-hybridized carbons (Fsp3) is 0.235. The number of aromatic nitrogens is 2. The van der Waals surface area contributed by atoms with E-state index in [1.807, 2.05) is 30.5 Å². The van der Waals surface area contributed by atoms with E-state index in [2.05, 4.69) is 15.3 Å². The second-order valence-electron chi connectivity index (χ2n) is 5.78. The van der Waals surface area contributed by atoms with E-state index in [9.17, 15) is 8.42 Å². The molecule has 1 aliphatic heterocycles. The summed E-state index contributed by atoms with van der Waals surface area (Å²) >= 11 is 0. The Balaban J connectivity index is 1.60. The molecule has 4 rings (SSSR count). The molecule has 2 aromatic heterocycles. The van der Waals surface area contributed by atoms with Crippen molar-refractivity contribution in [3.05, 3.63) is 48.7 Å². The van der Waals surface area contributed by atoms with Gasteiger partial charge in [-0.1, -0.05) is 6.07 Å². The smallest absolute Gasteiger partial charge is 0.243 e. The third-order valence-electron chi connectivity index (χ3n) is 4.12. The van der Waals surface area contributed by atoms with E-state index in [0.717, 1.165) is 11.0 Å². The van der Waals surface area contributed by atoms with Gasteiger partial charge in [0.1, 0.15) is 11.5 Å². The quantitative estimate of drug-likeness (QED) is 0.747. The van der Waals surface area contributed by atoms with Crippen molar-refractivity contribution in [3.8, 4) is 0 Å². The van der Waals surface area contributed by atoms with Gasteiger partial charge in [-0.2, -0.15) is 4.31 Å². The molecule has 3 heterocycles. The molecule has 0 amide bonds. The first-order valence-corrected chi connectivity index (χ1v) is 9.46. The van der Waals surface area contributed by atoms with Crippen LogP contribution in [0, 0.1) is 0 Å². The fourth-order valence-corrected chi connectivity index (χ4v) is 4.27. The summed E-state index contributed by atoms with van der Waals surface area (Å²) in [6.07, 6.45) is 1.83. The third kappa shape index (κ3) is 3.23. The molecule has 130 valence electrons. The molecule has 7 nitrogen and oxygen atoms in total. The van der Waals surface area contributed by atoms with E-state index in [4.69, 9.17) is 4.74 Å². The highest BCUT2D eigenvalue weighted by molar-refractivity contribution is 7.89. The van der Waals surface area contributed by atoms with Crippen molar-refractivity contribution in [3.63, 3.8) is 0 Å². The number of rotatable bonds is 4. The van der Waals surface area contributed by atoms with Crippen LogP contribution in [-0.4, -0.2) is 49.0 Å². The summed E-state index contributed by atoms with van der Waals surface area (Å²) in [5, 5.41) is 4.18. The van der Waals surface area contributed by atoms with Crippen LogP contribution >= 0.6 is 0 Å². The molecule has 3 aromatic rings. The summed E-state index contributed by atoms with van der Waals surface area (Å²) in [6.45, 7) is 1.62. The van der Waals surface area contributed by atoms with Crippen molar-refractivity contribution in [2.24, 2.45) is 0 Å². The van der Waals surface area contributed by atoms with Gasteiger partial charge in [0.05, 0.1) is 18.1 Å². The minimum absolute atomic E-state index is 0.264. The van der Waals surface area contributed by atoms with Crippen LogP contribution in [0.2, 0.25) is 0 Å². The number of fused-ring (bicyclic) bond motifs is 1. The van der Waals surface area contributed by atoms with Gasteiger partial charge >= 0.3 is 0 Å². The Morgan fingerprint density at radius 3 is 2.80 bits per heavy atom. The zero-order chi connectivity index (χ0) is 17.3. The number of ether oxygens (including phenoxy) is 1. The molecule has 1 saturated heterocycles. The highest BCUT2D eigenvalue weighted by Gasteiger charge is 2.26. The molecule has 2 N–H and O–H groups in total. The van der Waals surface area contributed by atoms with E-state index < -0.39 is 10.0 Å². The van der Waals surface area contributed by atoms with Crippen LogP contribution in [0.4, 0.5) is 11.5 Å². The summed E-state index contributed by atoms with van der Waals surface area (Å²) in [4.78, 5) is 7.79. The lowest BCUT2D eigenvalue weighted by molar-refractivity contribution is 0.0730. The summed E-state index contributed by atoms with van der Waals surface area (Å²) in [6, 6.07) is 12.5. The molecule has 25 heavy (non-hydrogen) atoms. The zero-order valence-corrected chi connectivity index (χ0v) is 14.3. The van der Waals surface area contributed by atoms with Crippen molar-refractivity contribution in [2.45, 2.75) is 4.90 Å². The van der Waals surface area contributed by atoms with Gasteiger partial charge in [0.25, 0.3) is 0 Å². The lowest BCUT2D eigenvalue weighted by atomic mass is 10.3. The standard InChI is InChI=1S/C17H18N4O3S/c22-25(23,21-8-10-24-11-9-21)15-3-1-2-14(12-15)19-16-5-4-13-6-7-18-17(13)20-16/h1-7,12H,8-11H2,(H2,18,19,20). The van der Waals surface area contributed by atoms with Crippen molar-refractivity contribution in [2.75, 3.05) is 31.6 Å². The minimum atomic E-state index is -3.52. The summed E-state index contributed by atoms with van der Waals surface area (Å²) in [7, 11) is -3.52. The number of H-pyrrole nitrogens is 1. The number of hydrogen-bond donors (Lipinski definition) is 2. The molecule has 1 aliphatic rings. The number of hydrogen-bond acceptors (Lipinski definition) is 5. The Hall–Kier alpha value is -2.42. The van der Waals surface area contributed by atoms with Gasteiger partial charge in [0.2, 0.25) is 10.0 Å². The largest absolute Gasteiger partial charge is 0.379 e. The first kappa shape index (κ1) is 16.1. The average molecular weight is 358 g/mol. The van der Waals surface area contributed by atoms with Crippen LogP contribution < -0.4 is 5.32 Å². The van der Waals surface area contributed by atoms with Crippen molar-refractivity contribution < 1.29 is 13.2 Å². The van der Waals surface area contributed by atoms with Crippen LogP contribution in [0.15, 0.2) is 53.6 Å². The zero-order valence-electron chi connectivity index (χ0n) is 13.5. The Morgan fingerprint density at radius 2 is 1.96 bits per heavy atom. The van der Waals surface area contributed by atoms with Gasteiger partial charge in [0, 0.05) is 30.4 Å². The van der Waals surface area contributed by atoms with E-state index in [1.54, 1.807) is 18.2 Å². The van der Waals surface area contributed by atoms with Gasteiger partial charge in [-0.15, -0.1) is 0 Å². The molecular formula is C17H18N4O3S. The lowest BCUT2D eigenvalue weighted by Crippen LogP contribution is -2.40. The van der Waals surface area contributed by atoms with Gasteiger partial charge in [-0.25, -0.2) is 13.4 Å². The second kappa shape index (κ2) is 6.47. The van der Waals surface area contributed by atoms with E-state index in [1.165, 1.54) is 4.31 Å². The van der Waals surface area contributed by atoms with Crippen molar-refractivity contribution in [1.29, 1.82) is 0 Å². The topological polar surface area (TPSA) is 87.3 Å². The maximum Gasteiger partial charge on any atom is 0.243 e. The normalized spacial score (nSPS) is 16.2. The Morgan fingerprint density at radius 1 is 1.12 bits per heavy atom. The highest BCUT2D eigenvalue weighted by Crippen LogP contribution is 2.23. The summed E-state index contributed by atoms with van der Waals surface area (Å²) in [5.74, 6) is 0.649. The molecular weight excluding hydrogens is 340 g/mol. The van der Waals surface area contributed by atoms with Crippen LogP contribution in [-0.2, 0) is 14.8 Å². The van der Waals surface area contributed by atoms with Crippen LogP contribution in [0.3, 0.4) is 0 Å². The molecule has 1 fully saturated rings. The molecule has 0 unspecified atom stereocenters. The average Bonchev–Trinajstić information content (AvgIpc) is 3.10. The summed E-state index contributed by atoms with van der Waals surface area (Å²) in [5.41, 5.74) is 1.45. The van der Waals surface area contributed by atoms with Crippen LogP contribution in [0.5, 0.6) is 0 Å². The number of benzene rings is 1. The third-order valence-corrected chi connectivity index (χ3v) is 6.02. The number of nitrogens with zero attached hydrogens (tertiary/aromatic N) is 2. The predicted molar refractivity (Wildman–Crippen MR) is 95.4 cm³/mol. The van der Waals surface area contributed by atoms with E-state index >= 15 is 0 Å². The maximum absolute atomic E-state index is 12.8. The predicted octanol–water partition coefficient (Wildman–Crippen LogP) is 2.33. The first-order valence-electron chi connectivity index (χ1n) is 8.02. The Kier molecular flexibility index (Phi) is 4.16. The number of aromatic amines is 1. The highest BCUT2D eigenvalue weighted by atomic mass is 32.2. The summed E-state index contributed by atoms with van der Waals surface area (Å²) < 4.78 is 32.2. The molecule has 0 spiro atoms. The lowest BCUT2D eigenvalue weighted by Gasteiger charge is -2.26. The Labute approximate surface area is 145 Å². The molecule has 0 radical (unpaired) electrons. The van der Waals surface area contributed by atoms with Crippen LogP contribution in [0.25, 0.3) is 11.0 Å². The molecule has 0 bridgehead atoms. The molecule has 8 heteroatoms. The minimum Gasteiger partial charge on any atom is -0.379 e. The second-order valence-corrected chi connectivity index (χ2v) is 7.72. The van der Waals surface area contributed by atoms with Gasteiger partial charge < -0.3 is 15.0 Å². The number of nitrogens with one attached hydrogen (secondary N) is 2. The monoisotopic (exact) mass is 358 g/mol. The number of sulfonamides is 1. The first-order chi connectivity index (χ1) is 12.1. The molecule has 1 aromatic carbocycles. The van der Waals surface area contributed by atoms with E-state index in [-0.39, 0.29) is 4.90 Å². The number of pyridine rings is 1. The maximum atomic E-state index is 12.8. The van der Waals surface area contributed by atoms with Gasteiger partial charge in [0.15, 0.2) is 0 Å². The Bertz CT molecular complexity index is 994. The molecule has 0 aliphatic carbocycles. The van der Waals surface area contributed by atoms with E-state index in [0.29, 0.717) is 37.8 Å². The number of morpholine rings is 1. The molecule has 0 atom stereocenters. The SMILES string of the molecule is O=S(=O)(c1cccc(Nc2ccc3cc[nH]c3n2)c1)N1CCOCC1. The molecule has 0 saturated carbocycles. The van der Waals surface area contributed by atoms with Gasteiger partial charge in [-0.3, -0.25) is 0 Å². The van der Waals surface area contributed by atoms with Gasteiger partial charge in [-0.05, 0) is 36.4 Å². The van der Waals surface area contributed by atoms with Crippen molar-refractivity contribution >= 4 is 32.6 Å². The van der Waals surface area contributed by atoms with Crippen molar-refractivity contribution in [1.82, 2.24) is 14.3 Å².